The molecule has 1 aromatic rings. The number of nitrogens with one attached hydrogen (secondary N) is 1. The van der Waals surface area contributed by atoms with Crippen LogP contribution in [0, 0.1) is 0 Å². The van der Waals surface area contributed by atoms with Gasteiger partial charge < -0.3 is 10.1 Å². The van der Waals surface area contributed by atoms with Crippen LogP contribution >= 0.6 is 0 Å². The molecule has 0 amide bonds. The highest BCUT2D eigenvalue weighted by atomic mass is 16.5. The second-order valence-electron chi connectivity index (χ2n) is 6.85. The summed E-state index contributed by atoms with van der Waals surface area (Å²) in [6.07, 6.45) is 5.04. The molecule has 0 aliphatic rings. The van der Waals surface area contributed by atoms with E-state index < -0.39 is 0 Å². The van der Waals surface area contributed by atoms with Gasteiger partial charge in [0.1, 0.15) is 0 Å². The summed E-state index contributed by atoms with van der Waals surface area (Å²) in [5, 5.41) is 3.35. The molecule has 0 spiro atoms. The quantitative estimate of drug-likeness (QED) is 0.657. The van der Waals surface area contributed by atoms with Crippen LogP contribution in [0.2, 0.25) is 0 Å². The minimum Gasteiger partial charge on any atom is -0.379 e. The molecule has 2 heteroatoms. The van der Waals surface area contributed by atoms with E-state index in [1.165, 1.54) is 36.8 Å². The first-order chi connectivity index (χ1) is 9.99. The zero-order valence-electron chi connectivity index (χ0n) is 14.5. The lowest BCUT2D eigenvalue weighted by atomic mass is 9.86. The highest BCUT2D eigenvalue weighted by Gasteiger charge is 2.15. The van der Waals surface area contributed by atoms with Crippen LogP contribution in [0.4, 0.5) is 0 Å². The molecule has 120 valence electrons. The van der Waals surface area contributed by atoms with E-state index in [0.29, 0.717) is 0 Å². The Morgan fingerprint density at radius 1 is 1.05 bits per heavy atom. The van der Waals surface area contributed by atoms with Crippen molar-refractivity contribution in [1.82, 2.24) is 5.32 Å². The molecule has 0 aliphatic carbocycles. The second kappa shape index (κ2) is 9.22. The molecule has 0 saturated heterocycles. The molecule has 0 aliphatic heterocycles. The van der Waals surface area contributed by atoms with Crippen molar-refractivity contribution in [2.24, 2.45) is 0 Å². The standard InChI is InChI=1S/C19H33NO/c1-6-7-8-9-14-21-15-18(20-5)16-10-12-17(13-11-16)19(2,3)4/h10-13,18,20H,6-9,14-15H2,1-5H3. The Bertz CT molecular complexity index is 378. The third-order valence-corrected chi connectivity index (χ3v) is 3.95. The van der Waals surface area contributed by atoms with Gasteiger partial charge in [-0.25, -0.2) is 0 Å². The Labute approximate surface area is 131 Å². The van der Waals surface area contributed by atoms with Crippen LogP contribution < -0.4 is 5.32 Å². The number of benzene rings is 1. The topological polar surface area (TPSA) is 21.3 Å². The van der Waals surface area contributed by atoms with E-state index in [1.807, 2.05) is 7.05 Å². The lowest BCUT2D eigenvalue weighted by molar-refractivity contribution is 0.110. The van der Waals surface area contributed by atoms with Crippen molar-refractivity contribution in [1.29, 1.82) is 0 Å². The number of unbranched alkanes of at least 4 members (excludes halogenated alkanes) is 3. The summed E-state index contributed by atoms with van der Waals surface area (Å²) >= 11 is 0. The SMILES string of the molecule is CCCCCCOCC(NC)c1ccc(C(C)(C)C)cc1. The van der Waals surface area contributed by atoms with Crippen LogP contribution in [0.3, 0.4) is 0 Å². The average molecular weight is 291 g/mol. The number of ether oxygens (including phenoxy) is 1. The predicted molar refractivity (Wildman–Crippen MR) is 91.9 cm³/mol. The fourth-order valence-electron chi connectivity index (χ4n) is 2.39. The predicted octanol–water partition coefficient (Wildman–Crippen LogP) is 4.84. The third-order valence-electron chi connectivity index (χ3n) is 3.95. The van der Waals surface area contributed by atoms with E-state index in [0.717, 1.165) is 13.2 Å². The van der Waals surface area contributed by atoms with Gasteiger partial charge in [-0.05, 0) is 30.0 Å². The normalized spacial score (nSPS) is 13.4. The zero-order valence-corrected chi connectivity index (χ0v) is 14.5. The molecule has 1 rings (SSSR count). The average Bonchev–Trinajstić information content (AvgIpc) is 2.46. The molecule has 0 aromatic heterocycles. The Morgan fingerprint density at radius 3 is 2.24 bits per heavy atom. The first-order valence-electron chi connectivity index (χ1n) is 8.34. The van der Waals surface area contributed by atoms with E-state index in [1.54, 1.807) is 0 Å². The summed E-state index contributed by atoms with van der Waals surface area (Å²) in [5.41, 5.74) is 2.89. The molecular weight excluding hydrogens is 258 g/mol. The fourth-order valence-corrected chi connectivity index (χ4v) is 2.39. The van der Waals surface area contributed by atoms with Crippen molar-refractivity contribution in [3.63, 3.8) is 0 Å². The molecule has 0 saturated carbocycles. The monoisotopic (exact) mass is 291 g/mol. The largest absolute Gasteiger partial charge is 0.379 e. The van der Waals surface area contributed by atoms with Gasteiger partial charge in [0.05, 0.1) is 12.6 Å². The van der Waals surface area contributed by atoms with E-state index in [-0.39, 0.29) is 11.5 Å². The van der Waals surface area contributed by atoms with Crippen LogP contribution in [0.1, 0.15) is 70.5 Å². The second-order valence-corrected chi connectivity index (χ2v) is 6.85. The molecule has 1 unspecified atom stereocenters. The molecule has 0 bridgehead atoms. The Morgan fingerprint density at radius 2 is 1.71 bits per heavy atom. The lowest BCUT2D eigenvalue weighted by Crippen LogP contribution is -2.22. The highest BCUT2D eigenvalue weighted by molar-refractivity contribution is 5.29. The van der Waals surface area contributed by atoms with Crippen molar-refractivity contribution in [3.05, 3.63) is 35.4 Å². The van der Waals surface area contributed by atoms with Gasteiger partial charge in [-0.15, -0.1) is 0 Å². The maximum absolute atomic E-state index is 5.82. The summed E-state index contributed by atoms with van der Waals surface area (Å²) in [7, 11) is 2.00. The smallest absolute Gasteiger partial charge is 0.0661 e. The summed E-state index contributed by atoms with van der Waals surface area (Å²) in [5.74, 6) is 0. The Balaban J connectivity index is 2.45. The van der Waals surface area contributed by atoms with E-state index in [2.05, 4.69) is 57.3 Å². The van der Waals surface area contributed by atoms with E-state index >= 15 is 0 Å². The molecule has 21 heavy (non-hydrogen) atoms. The molecule has 0 radical (unpaired) electrons. The summed E-state index contributed by atoms with van der Waals surface area (Å²) in [6, 6.07) is 9.21. The van der Waals surface area contributed by atoms with Gasteiger partial charge in [0, 0.05) is 6.61 Å². The van der Waals surface area contributed by atoms with Crippen LogP contribution in [-0.4, -0.2) is 20.3 Å². The number of rotatable bonds is 9. The zero-order chi connectivity index (χ0) is 15.7. The van der Waals surface area contributed by atoms with Gasteiger partial charge in [0.25, 0.3) is 0 Å². The van der Waals surface area contributed by atoms with Crippen molar-refractivity contribution in [2.75, 3.05) is 20.3 Å². The lowest BCUT2D eigenvalue weighted by Gasteiger charge is -2.21. The summed E-state index contributed by atoms with van der Waals surface area (Å²) in [4.78, 5) is 0. The van der Waals surface area contributed by atoms with Crippen LogP contribution in [0.5, 0.6) is 0 Å². The van der Waals surface area contributed by atoms with E-state index in [9.17, 15) is 0 Å². The first kappa shape index (κ1) is 18.2. The molecule has 1 N–H and O–H groups in total. The van der Waals surface area contributed by atoms with Gasteiger partial charge >= 0.3 is 0 Å². The third kappa shape index (κ3) is 6.62. The van der Waals surface area contributed by atoms with Crippen molar-refractivity contribution in [2.45, 2.75) is 64.8 Å². The highest BCUT2D eigenvalue weighted by Crippen LogP contribution is 2.24. The summed E-state index contributed by atoms with van der Waals surface area (Å²) in [6.45, 7) is 10.6. The van der Waals surface area contributed by atoms with Crippen LogP contribution in [-0.2, 0) is 10.2 Å². The van der Waals surface area contributed by atoms with Gasteiger partial charge in [0.15, 0.2) is 0 Å². The number of hydrogen-bond acceptors (Lipinski definition) is 2. The van der Waals surface area contributed by atoms with Crippen molar-refractivity contribution in [3.8, 4) is 0 Å². The van der Waals surface area contributed by atoms with Gasteiger partial charge in [0.2, 0.25) is 0 Å². The molecule has 1 aromatic carbocycles. The van der Waals surface area contributed by atoms with Crippen LogP contribution in [0.15, 0.2) is 24.3 Å². The number of hydrogen-bond donors (Lipinski definition) is 1. The maximum atomic E-state index is 5.82. The van der Waals surface area contributed by atoms with Gasteiger partial charge in [-0.3, -0.25) is 0 Å². The van der Waals surface area contributed by atoms with E-state index in [4.69, 9.17) is 4.74 Å². The Kier molecular flexibility index (Phi) is 7.98. The molecule has 0 fully saturated rings. The van der Waals surface area contributed by atoms with Crippen LogP contribution in [0.25, 0.3) is 0 Å². The van der Waals surface area contributed by atoms with Gasteiger partial charge in [-0.2, -0.15) is 0 Å². The van der Waals surface area contributed by atoms with Crippen molar-refractivity contribution >= 4 is 0 Å². The molecule has 2 nitrogen and oxygen atoms in total. The maximum Gasteiger partial charge on any atom is 0.0661 e. The molecule has 1 atom stereocenters. The number of likely N-dealkylation sites (N-methyl/N-ethyl adjacent to an activating group) is 1. The molecular formula is C19H33NO. The minimum atomic E-state index is 0.212. The van der Waals surface area contributed by atoms with Crippen molar-refractivity contribution < 1.29 is 4.74 Å². The minimum absolute atomic E-state index is 0.212. The fraction of sp³-hybridized carbons (Fsp3) is 0.684. The molecule has 0 heterocycles. The Hall–Kier alpha value is -0.860. The first-order valence-corrected chi connectivity index (χ1v) is 8.34. The van der Waals surface area contributed by atoms with Gasteiger partial charge in [-0.1, -0.05) is 71.2 Å². The summed E-state index contributed by atoms with van der Waals surface area (Å²) < 4.78 is 5.82.